The Morgan fingerprint density at radius 3 is 2.45 bits per heavy atom. The zero-order valence-corrected chi connectivity index (χ0v) is 11.2. The summed E-state index contributed by atoms with van der Waals surface area (Å²) < 4.78 is 0. The van der Waals surface area contributed by atoms with Crippen molar-refractivity contribution in [3.8, 4) is 5.75 Å². The number of aromatic hydroxyl groups is 1. The van der Waals surface area contributed by atoms with Crippen LogP contribution in [0.25, 0.3) is 0 Å². The van der Waals surface area contributed by atoms with Crippen molar-refractivity contribution < 1.29 is 9.90 Å². The first-order valence-electron chi connectivity index (χ1n) is 6.89. The summed E-state index contributed by atoms with van der Waals surface area (Å²) in [7, 11) is 0. The van der Waals surface area contributed by atoms with E-state index in [1.807, 2.05) is 30.3 Å². The van der Waals surface area contributed by atoms with Crippen LogP contribution < -0.4 is 0 Å². The molecule has 1 heterocycles. The van der Waals surface area contributed by atoms with Gasteiger partial charge in [-0.3, -0.25) is 4.79 Å². The molecule has 1 N–H and O–H groups in total. The largest absolute Gasteiger partial charge is 0.507 e. The molecule has 1 amide bonds. The fourth-order valence-electron chi connectivity index (χ4n) is 2.39. The Balaban J connectivity index is 1.84. The van der Waals surface area contributed by atoms with Gasteiger partial charge in [0, 0.05) is 13.1 Å². The standard InChI is InChI=1S/C17H17NO2/c19-16-8-7-14(11-13-5-2-1-3-6-13)12-15(16)17(20)18-9-4-10-18/h1-3,5-8,12,19H,4,9-11H2. The molecular weight excluding hydrogens is 250 g/mol. The second-order valence-corrected chi connectivity index (χ2v) is 5.16. The number of phenols is 1. The second-order valence-electron chi connectivity index (χ2n) is 5.16. The van der Waals surface area contributed by atoms with E-state index in [-0.39, 0.29) is 11.7 Å². The normalized spacial score (nSPS) is 13.9. The van der Waals surface area contributed by atoms with Crippen LogP contribution in [0.15, 0.2) is 48.5 Å². The lowest BCUT2D eigenvalue weighted by Crippen LogP contribution is -2.42. The van der Waals surface area contributed by atoms with Crippen LogP contribution in [-0.4, -0.2) is 29.0 Å². The van der Waals surface area contributed by atoms with Crippen LogP contribution in [0.2, 0.25) is 0 Å². The van der Waals surface area contributed by atoms with E-state index in [9.17, 15) is 9.90 Å². The molecule has 20 heavy (non-hydrogen) atoms. The van der Waals surface area contributed by atoms with Crippen LogP contribution >= 0.6 is 0 Å². The smallest absolute Gasteiger partial charge is 0.257 e. The molecule has 0 radical (unpaired) electrons. The van der Waals surface area contributed by atoms with Crippen molar-refractivity contribution >= 4 is 5.91 Å². The van der Waals surface area contributed by atoms with Crippen molar-refractivity contribution in [2.75, 3.05) is 13.1 Å². The summed E-state index contributed by atoms with van der Waals surface area (Å²) in [5.74, 6) is 0.00220. The Labute approximate surface area is 118 Å². The minimum atomic E-state index is -0.0661. The summed E-state index contributed by atoms with van der Waals surface area (Å²) in [6, 6.07) is 15.4. The number of rotatable bonds is 3. The highest BCUT2D eigenvalue weighted by Gasteiger charge is 2.23. The van der Waals surface area contributed by atoms with Crippen LogP contribution in [0.5, 0.6) is 5.75 Å². The van der Waals surface area contributed by atoms with Crippen LogP contribution in [0.1, 0.15) is 27.9 Å². The highest BCUT2D eigenvalue weighted by Crippen LogP contribution is 2.23. The average molecular weight is 267 g/mol. The van der Waals surface area contributed by atoms with Gasteiger partial charge in [0.05, 0.1) is 5.56 Å². The monoisotopic (exact) mass is 267 g/mol. The Morgan fingerprint density at radius 1 is 1.05 bits per heavy atom. The third-order valence-electron chi connectivity index (χ3n) is 3.69. The van der Waals surface area contributed by atoms with E-state index in [2.05, 4.69) is 12.1 Å². The predicted molar refractivity (Wildman–Crippen MR) is 77.9 cm³/mol. The number of benzene rings is 2. The van der Waals surface area contributed by atoms with E-state index in [1.165, 1.54) is 5.56 Å². The molecule has 0 saturated carbocycles. The number of carbonyl (C=O) groups is 1. The molecule has 1 aliphatic heterocycles. The zero-order chi connectivity index (χ0) is 13.9. The number of likely N-dealkylation sites (tertiary alicyclic amines) is 1. The number of amides is 1. The van der Waals surface area contributed by atoms with Gasteiger partial charge in [-0.2, -0.15) is 0 Å². The van der Waals surface area contributed by atoms with E-state index >= 15 is 0 Å². The minimum absolute atomic E-state index is 0.0661. The van der Waals surface area contributed by atoms with Crippen molar-refractivity contribution in [1.29, 1.82) is 0 Å². The van der Waals surface area contributed by atoms with Gasteiger partial charge in [-0.15, -0.1) is 0 Å². The summed E-state index contributed by atoms with van der Waals surface area (Å²) in [5.41, 5.74) is 2.65. The van der Waals surface area contributed by atoms with Crippen LogP contribution in [0.3, 0.4) is 0 Å². The summed E-state index contributed by atoms with van der Waals surface area (Å²) in [4.78, 5) is 14.0. The molecule has 0 spiro atoms. The highest BCUT2D eigenvalue weighted by molar-refractivity contribution is 5.97. The van der Waals surface area contributed by atoms with Gasteiger partial charge in [0.15, 0.2) is 0 Å². The van der Waals surface area contributed by atoms with E-state index < -0.39 is 0 Å². The highest BCUT2D eigenvalue weighted by atomic mass is 16.3. The van der Waals surface area contributed by atoms with Gasteiger partial charge < -0.3 is 10.0 Å². The van der Waals surface area contributed by atoms with Gasteiger partial charge in [-0.05, 0) is 36.1 Å². The molecule has 1 saturated heterocycles. The van der Waals surface area contributed by atoms with E-state index in [0.717, 1.165) is 31.5 Å². The molecule has 2 aromatic carbocycles. The fourth-order valence-corrected chi connectivity index (χ4v) is 2.39. The van der Waals surface area contributed by atoms with Crippen LogP contribution in [0, 0.1) is 0 Å². The summed E-state index contributed by atoms with van der Waals surface area (Å²) in [6.07, 6.45) is 1.82. The number of hydrogen-bond acceptors (Lipinski definition) is 2. The van der Waals surface area contributed by atoms with Crippen LogP contribution in [0.4, 0.5) is 0 Å². The summed E-state index contributed by atoms with van der Waals surface area (Å²) in [5, 5.41) is 9.89. The Morgan fingerprint density at radius 2 is 1.80 bits per heavy atom. The number of nitrogens with zero attached hydrogens (tertiary/aromatic N) is 1. The van der Waals surface area contributed by atoms with Gasteiger partial charge in [0.1, 0.15) is 5.75 Å². The lowest BCUT2D eigenvalue weighted by atomic mass is 10.0. The summed E-state index contributed by atoms with van der Waals surface area (Å²) >= 11 is 0. The van der Waals surface area contributed by atoms with Gasteiger partial charge in [0.25, 0.3) is 5.91 Å². The second kappa shape index (κ2) is 5.37. The maximum absolute atomic E-state index is 12.2. The van der Waals surface area contributed by atoms with Crippen LogP contribution in [-0.2, 0) is 6.42 Å². The van der Waals surface area contributed by atoms with E-state index in [4.69, 9.17) is 0 Å². The lowest BCUT2D eigenvalue weighted by molar-refractivity contribution is 0.0648. The molecule has 0 aromatic heterocycles. The molecule has 2 aromatic rings. The molecule has 3 heteroatoms. The first kappa shape index (κ1) is 12.7. The SMILES string of the molecule is O=C(c1cc(Cc2ccccc2)ccc1O)N1CCC1. The molecule has 3 nitrogen and oxygen atoms in total. The van der Waals surface area contributed by atoms with Crippen molar-refractivity contribution in [2.45, 2.75) is 12.8 Å². The molecular formula is C17H17NO2. The van der Waals surface area contributed by atoms with Gasteiger partial charge >= 0.3 is 0 Å². The zero-order valence-electron chi connectivity index (χ0n) is 11.2. The molecule has 0 aliphatic carbocycles. The minimum Gasteiger partial charge on any atom is -0.507 e. The maximum atomic E-state index is 12.2. The first-order chi connectivity index (χ1) is 9.74. The molecule has 102 valence electrons. The third-order valence-corrected chi connectivity index (χ3v) is 3.69. The van der Waals surface area contributed by atoms with E-state index in [0.29, 0.717) is 5.56 Å². The van der Waals surface area contributed by atoms with Gasteiger partial charge in [0.2, 0.25) is 0 Å². The Hall–Kier alpha value is -2.29. The topological polar surface area (TPSA) is 40.5 Å². The average Bonchev–Trinajstić information content (AvgIpc) is 2.40. The quantitative estimate of drug-likeness (QED) is 0.929. The lowest BCUT2D eigenvalue weighted by Gasteiger charge is -2.31. The van der Waals surface area contributed by atoms with Crippen molar-refractivity contribution in [1.82, 2.24) is 4.90 Å². The summed E-state index contributed by atoms with van der Waals surface area (Å²) in [6.45, 7) is 1.59. The van der Waals surface area contributed by atoms with Crippen molar-refractivity contribution in [3.05, 3.63) is 65.2 Å². The third kappa shape index (κ3) is 2.52. The molecule has 0 atom stereocenters. The number of phenolic OH excluding ortho intramolecular Hbond substituents is 1. The molecule has 0 bridgehead atoms. The first-order valence-corrected chi connectivity index (χ1v) is 6.89. The molecule has 3 rings (SSSR count). The Kier molecular flexibility index (Phi) is 3.42. The maximum Gasteiger partial charge on any atom is 0.257 e. The molecule has 1 aliphatic rings. The Bertz CT molecular complexity index is 618. The number of carbonyl (C=O) groups excluding carboxylic acids is 1. The fraction of sp³-hybridized carbons (Fsp3) is 0.235. The molecule has 1 fully saturated rings. The van der Waals surface area contributed by atoms with Crippen molar-refractivity contribution in [2.24, 2.45) is 0 Å². The van der Waals surface area contributed by atoms with Crippen molar-refractivity contribution in [3.63, 3.8) is 0 Å². The van der Waals surface area contributed by atoms with Gasteiger partial charge in [-0.25, -0.2) is 0 Å². The predicted octanol–water partition coefficient (Wildman–Crippen LogP) is 2.83. The molecule has 0 unspecified atom stereocenters. The number of hydrogen-bond donors (Lipinski definition) is 1. The van der Waals surface area contributed by atoms with Gasteiger partial charge in [-0.1, -0.05) is 36.4 Å². The van der Waals surface area contributed by atoms with E-state index in [1.54, 1.807) is 11.0 Å².